The Labute approximate surface area is 198 Å². The fourth-order valence-electron chi connectivity index (χ4n) is 3.61. The molecule has 0 fully saturated rings. The third-order valence-corrected chi connectivity index (χ3v) is 5.43. The number of rotatable bonds is 9. The van der Waals surface area contributed by atoms with Crippen LogP contribution in [0.15, 0.2) is 77.3 Å². The molecule has 0 aliphatic heterocycles. The minimum Gasteiger partial charge on any atom is -0.497 e. The second-order valence-electron chi connectivity index (χ2n) is 7.50. The summed E-state index contributed by atoms with van der Waals surface area (Å²) < 4.78 is 21.8. The van der Waals surface area contributed by atoms with Crippen LogP contribution < -0.4 is 19.5 Å². The molecule has 174 valence electrons. The quantitative estimate of drug-likeness (QED) is 0.380. The Balaban J connectivity index is 1.46. The van der Waals surface area contributed by atoms with Crippen LogP contribution in [0.2, 0.25) is 0 Å². The molecule has 4 rings (SSSR count). The molecule has 0 aliphatic rings. The minimum absolute atomic E-state index is 0.194. The Hall–Kier alpha value is -4.26. The third-order valence-electron chi connectivity index (χ3n) is 5.43. The highest BCUT2D eigenvalue weighted by Crippen LogP contribution is 2.30. The van der Waals surface area contributed by atoms with Crippen LogP contribution in [0.1, 0.15) is 15.9 Å². The Morgan fingerprint density at radius 2 is 1.68 bits per heavy atom. The second-order valence-corrected chi connectivity index (χ2v) is 7.50. The monoisotopic (exact) mass is 458 g/mol. The molecule has 34 heavy (non-hydrogen) atoms. The van der Waals surface area contributed by atoms with Crippen LogP contribution in [0.5, 0.6) is 17.2 Å². The van der Waals surface area contributed by atoms with Gasteiger partial charge in [-0.05, 0) is 60.5 Å². The van der Waals surface area contributed by atoms with Crippen LogP contribution in [-0.2, 0) is 6.42 Å². The van der Waals surface area contributed by atoms with E-state index in [1.807, 2.05) is 60.7 Å². The molecule has 0 radical (unpaired) electrons. The van der Waals surface area contributed by atoms with Crippen molar-refractivity contribution in [3.05, 3.63) is 84.1 Å². The Morgan fingerprint density at radius 1 is 0.912 bits per heavy atom. The zero-order chi connectivity index (χ0) is 23.9. The molecule has 0 unspecified atom stereocenters. The van der Waals surface area contributed by atoms with E-state index in [1.54, 1.807) is 33.6 Å². The van der Waals surface area contributed by atoms with Crippen molar-refractivity contribution < 1.29 is 23.4 Å². The van der Waals surface area contributed by atoms with Crippen LogP contribution in [0.25, 0.3) is 22.8 Å². The van der Waals surface area contributed by atoms with Crippen LogP contribution in [0.3, 0.4) is 0 Å². The van der Waals surface area contributed by atoms with Gasteiger partial charge in [0.15, 0.2) is 17.3 Å². The highest BCUT2D eigenvalue weighted by atomic mass is 16.5. The van der Waals surface area contributed by atoms with Crippen molar-refractivity contribution in [2.24, 2.45) is 0 Å². The second kappa shape index (κ2) is 10.6. The highest BCUT2D eigenvalue weighted by Gasteiger charge is 2.17. The summed E-state index contributed by atoms with van der Waals surface area (Å²) >= 11 is 0. The Morgan fingerprint density at radius 3 is 2.41 bits per heavy atom. The maximum atomic E-state index is 13.0. The molecule has 0 bridgehead atoms. The number of hydrogen-bond donors (Lipinski definition) is 1. The zero-order valence-corrected chi connectivity index (χ0v) is 19.3. The van der Waals surface area contributed by atoms with Gasteiger partial charge in [-0.25, -0.2) is 4.98 Å². The topological polar surface area (TPSA) is 82.8 Å². The lowest BCUT2D eigenvalue weighted by atomic mass is 10.1. The highest BCUT2D eigenvalue weighted by molar-refractivity contribution is 6.00. The molecule has 1 heterocycles. The van der Waals surface area contributed by atoms with Gasteiger partial charge in [0.2, 0.25) is 5.89 Å². The number of aromatic nitrogens is 1. The molecular weight excluding hydrogens is 432 g/mol. The molecular formula is C27H26N2O5. The number of amides is 1. The number of hydrogen-bond acceptors (Lipinski definition) is 6. The molecule has 7 heteroatoms. The Bertz CT molecular complexity index is 1260. The lowest BCUT2D eigenvalue weighted by molar-refractivity contribution is 0.0954. The van der Waals surface area contributed by atoms with Crippen molar-refractivity contribution in [3.8, 4) is 40.0 Å². The fraction of sp³-hybridized carbons (Fsp3) is 0.185. The lowest BCUT2D eigenvalue weighted by Crippen LogP contribution is -2.26. The summed E-state index contributed by atoms with van der Waals surface area (Å²) in [6.07, 6.45) is 2.30. The maximum Gasteiger partial charge on any atom is 0.252 e. The van der Waals surface area contributed by atoms with E-state index >= 15 is 0 Å². The molecule has 1 amide bonds. The molecule has 1 aromatic heterocycles. The van der Waals surface area contributed by atoms with Gasteiger partial charge in [0, 0.05) is 17.7 Å². The summed E-state index contributed by atoms with van der Waals surface area (Å²) in [5.41, 5.74) is 3.03. The van der Waals surface area contributed by atoms with Crippen molar-refractivity contribution in [1.29, 1.82) is 0 Å². The average Bonchev–Trinajstić information content (AvgIpc) is 3.38. The lowest BCUT2D eigenvalue weighted by Gasteiger charge is -2.11. The number of benzene rings is 3. The van der Waals surface area contributed by atoms with Crippen LogP contribution in [0, 0.1) is 0 Å². The number of carbonyl (C=O) groups excluding carboxylic acids is 1. The van der Waals surface area contributed by atoms with Crippen molar-refractivity contribution >= 4 is 5.91 Å². The number of nitrogens with zero attached hydrogens (tertiary/aromatic N) is 1. The van der Waals surface area contributed by atoms with Gasteiger partial charge >= 0.3 is 0 Å². The van der Waals surface area contributed by atoms with Crippen molar-refractivity contribution in [3.63, 3.8) is 0 Å². The number of oxazole rings is 1. The minimum atomic E-state index is -0.194. The van der Waals surface area contributed by atoms with Gasteiger partial charge in [0.05, 0.1) is 33.1 Å². The van der Waals surface area contributed by atoms with Gasteiger partial charge in [-0.15, -0.1) is 0 Å². The summed E-state index contributed by atoms with van der Waals surface area (Å²) in [5.74, 6) is 2.90. The SMILES string of the molecule is COc1ccc(-c2cnc(-c3ccccc3C(=O)NCCc3ccc(OC)c(OC)c3)o2)cc1. The van der Waals surface area contributed by atoms with E-state index in [2.05, 4.69) is 10.3 Å². The number of ether oxygens (including phenoxy) is 3. The van der Waals surface area contributed by atoms with Gasteiger partial charge < -0.3 is 23.9 Å². The van der Waals surface area contributed by atoms with Crippen LogP contribution >= 0.6 is 0 Å². The molecule has 0 aliphatic carbocycles. The zero-order valence-electron chi connectivity index (χ0n) is 19.3. The molecule has 3 aromatic carbocycles. The van der Waals surface area contributed by atoms with Crippen molar-refractivity contribution in [2.45, 2.75) is 6.42 Å². The summed E-state index contributed by atoms with van der Waals surface area (Å²) in [6, 6.07) is 20.5. The van der Waals surface area contributed by atoms with E-state index in [0.717, 1.165) is 16.9 Å². The van der Waals surface area contributed by atoms with Gasteiger partial charge in [-0.2, -0.15) is 0 Å². The van der Waals surface area contributed by atoms with E-state index in [0.29, 0.717) is 47.2 Å². The molecule has 0 spiro atoms. The molecule has 0 atom stereocenters. The molecule has 0 saturated carbocycles. The predicted octanol–water partition coefficient (Wildman–Crippen LogP) is 5.01. The first-order valence-corrected chi connectivity index (χ1v) is 10.8. The summed E-state index contributed by atoms with van der Waals surface area (Å²) in [7, 11) is 4.82. The smallest absolute Gasteiger partial charge is 0.252 e. The van der Waals surface area contributed by atoms with E-state index in [1.165, 1.54) is 0 Å². The summed E-state index contributed by atoms with van der Waals surface area (Å²) in [6.45, 7) is 0.464. The standard InChI is InChI=1S/C27H26N2O5/c1-31-20-11-9-19(10-12-20)25-17-29-27(34-25)22-7-5-4-6-21(22)26(30)28-15-14-18-8-13-23(32-2)24(16-18)33-3/h4-13,16-17H,14-15H2,1-3H3,(H,28,30). The Kier molecular flexibility index (Phi) is 7.13. The number of nitrogens with one attached hydrogen (secondary N) is 1. The number of methoxy groups -OCH3 is 3. The van der Waals surface area contributed by atoms with Crippen LogP contribution in [0.4, 0.5) is 0 Å². The van der Waals surface area contributed by atoms with Gasteiger partial charge in [-0.3, -0.25) is 4.79 Å². The largest absolute Gasteiger partial charge is 0.497 e. The van der Waals surface area contributed by atoms with Gasteiger partial charge in [-0.1, -0.05) is 18.2 Å². The maximum absolute atomic E-state index is 13.0. The third kappa shape index (κ3) is 5.04. The first kappa shape index (κ1) is 22.9. The van der Waals surface area contributed by atoms with Gasteiger partial charge in [0.1, 0.15) is 5.75 Å². The summed E-state index contributed by atoms with van der Waals surface area (Å²) in [4.78, 5) is 17.4. The van der Waals surface area contributed by atoms with E-state index in [9.17, 15) is 4.79 Å². The van der Waals surface area contributed by atoms with E-state index < -0.39 is 0 Å². The summed E-state index contributed by atoms with van der Waals surface area (Å²) in [5, 5.41) is 2.98. The van der Waals surface area contributed by atoms with Crippen LogP contribution in [-0.4, -0.2) is 38.8 Å². The molecule has 1 N–H and O–H groups in total. The normalized spacial score (nSPS) is 10.6. The van der Waals surface area contributed by atoms with Gasteiger partial charge in [0.25, 0.3) is 5.91 Å². The molecule has 0 saturated heterocycles. The first-order valence-electron chi connectivity index (χ1n) is 10.8. The number of carbonyl (C=O) groups is 1. The average molecular weight is 459 g/mol. The van der Waals surface area contributed by atoms with E-state index in [4.69, 9.17) is 18.6 Å². The predicted molar refractivity (Wildman–Crippen MR) is 130 cm³/mol. The van der Waals surface area contributed by atoms with Crippen molar-refractivity contribution in [1.82, 2.24) is 10.3 Å². The first-order chi connectivity index (χ1) is 16.6. The molecule has 4 aromatic rings. The van der Waals surface area contributed by atoms with E-state index in [-0.39, 0.29) is 5.91 Å². The fourth-order valence-corrected chi connectivity index (χ4v) is 3.61. The van der Waals surface area contributed by atoms with Crippen molar-refractivity contribution in [2.75, 3.05) is 27.9 Å². The molecule has 7 nitrogen and oxygen atoms in total.